The molecule has 2 aromatic rings. The van der Waals surface area contributed by atoms with E-state index in [0.717, 1.165) is 17.2 Å². The van der Waals surface area contributed by atoms with Crippen LogP contribution in [0.2, 0.25) is 0 Å². The van der Waals surface area contributed by atoms with Crippen LogP contribution in [0.4, 0.5) is 5.69 Å². The van der Waals surface area contributed by atoms with E-state index in [0.29, 0.717) is 0 Å². The summed E-state index contributed by atoms with van der Waals surface area (Å²) in [6.07, 6.45) is 3.36. The Morgan fingerprint density at radius 3 is 2.25 bits per heavy atom. The minimum Gasteiger partial charge on any atom is -0.457 e. The van der Waals surface area contributed by atoms with Gasteiger partial charge in [0.15, 0.2) is 0 Å². The highest BCUT2D eigenvalue weighted by molar-refractivity contribution is 7.78. The first-order valence-corrected chi connectivity index (χ1v) is 5.05. The molecule has 0 saturated heterocycles. The van der Waals surface area contributed by atoms with E-state index in [1.54, 1.807) is 24.5 Å². The topological polar surface area (TPSA) is 34.5 Å². The van der Waals surface area contributed by atoms with Crippen molar-refractivity contribution in [2.75, 3.05) is 0 Å². The Bertz CT molecular complexity index is 504. The zero-order valence-electron chi connectivity index (χ0n) is 8.33. The van der Waals surface area contributed by atoms with E-state index in [4.69, 9.17) is 4.74 Å². The number of ether oxygens (including phenoxy) is 1. The fourth-order valence-corrected chi connectivity index (χ4v) is 1.29. The Morgan fingerprint density at radius 1 is 1.00 bits per heavy atom. The average molecular weight is 228 g/mol. The van der Waals surface area contributed by atoms with E-state index in [1.807, 2.05) is 24.3 Å². The van der Waals surface area contributed by atoms with Crippen LogP contribution in [0.15, 0.2) is 53.8 Å². The van der Waals surface area contributed by atoms with Gasteiger partial charge in [0.2, 0.25) is 0 Å². The average Bonchev–Trinajstić information content (AvgIpc) is 2.33. The highest BCUT2D eigenvalue weighted by Gasteiger charge is 1.96. The zero-order valence-corrected chi connectivity index (χ0v) is 9.15. The lowest BCUT2D eigenvalue weighted by molar-refractivity contribution is 0.482. The van der Waals surface area contributed by atoms with Crippen LogP contribution in [0.3, 0.4) is 0 Å². The van der Waals surface area contributed by atoms with Gasteiger partial charge in [-0.05, 0) is 48.6 Å². The van der Waals surface area contributed by atoms with Gasteiger partial charge < -0.3 is 4.74 Å². The summed E-state index contributed by atoms with van der Waals surface area (Å²) in [7, 11) is 0. The lowest BCUT2D eigenvalue weighted by Gasteiger charge is -2.04. The van der Waals surface area contributed by atoms with Crippen LogP contribution in [0.25, 0.3) is 0 Å². The summed E-state index contributed by atoms with van der Waals surface area (Å²) in [6.45, 7) is 0. The number of aliphatic imine (C=N–C) groups is 1. The summed E-state index contributed by atoms with van der Waals surface area (Å²) in [5, 5.41) is 2.31. The molecule has 0 bridgehead atoms. The molecule has 1 aromatic carbocycles. The molecule has 0 saturated carbocycles. The third-order valence-electron chi connectivity index (χ3n) is 1.90. The van der Waals surface area contributed by atoms with Gasteiger partial charge in [0.05, 0.1) is 10.8 Å². The minimum absolute atomic E-state index is 0.745. The van der Waals surface area contributed by atoms with Gasteiger partial charge in [0, 0.05) is 12.4 Å². The third-order valence-corrected chi connectivity index (χ3v) is 1.99. The summed E-state index contributed by atoms with van der Waals surface area (Å²) in [6, 6.07) is 10.9. The third kappa shape index (κ3) is 2.73. The summed E-state index contributed by atoms with van der Waals surface area (Å²) in [5.41, 5.74) is 0.761. The first kappa shape index (κ1) is 10.5. The number of hydrogen-bond donors (Lipinski definition) is 0. The number of nitrogens with zero attached hydrogens (tertiary/aromatic N) is 2. The molecule has 4 heteroatoms. The van der Waals surface area contributed by atoms with Crippen molar-refractivity contribution in [1.82, 2.24) is 4.98 Å². The van der Waals surface area contributed by atoms with Crippen molar-refractivity contribution in [3.63, 3.8) is 0 Å². The molecule has 0 amide bonds. The van der Waals surface area contributed by atoms with Crippen molar-refractivity contribution in [3.8, 4) is 11.5 Å². The van der Waals surface area contributed by atoms with E-state index in [2.05, 4.69) is 27.4 Å². The quantitative estimate of drug-likeness (QED) is 0.594. The molecule has 3 nitrogen and oxygen atoms in total. The molecule has 0 N–H and O–H groups in total. The smallest absolute Gasteiger partial charge is 0.130 e. The number of isothiocyanates is 1. The molecular weight excluding hydrogens is 220 g/mol. The number of benzene rings is 1. The maximum absolute atomic E-state index is 5.58. The Kier molecular flexibility index (Phi) is 3.38. The second-order valence-electron chi connectivity index (χ2n) is 2.98. The summed E-state index contributed by atoms with van der Waals surface area (Å²) in [4.78, 5) is 7.76. The molecule has 0 unspecified atom stereocenters. The monoisotopic (exact) mass is 228 g/mol. The van der Waals surface area contributed by atoms with Gasteiger partial charge in [0.1, 0.15) is 11.5 Å². The minimum atomic E-state index is 0.745. The second-order valence-corrected chi connectivity index (χ2v) is 3.16. The lowest BCUT2D eigenvalue weighted by Crippen LogP contribution is -1.83. The number of rotatable bonds is 3. The van der Waals surface area contributed by atoms with E-state index in [-0.39, 0.29) is 0 Å². The SMILES string of the molecule is S=C=Nc1ccc(Oc2ccncc2)cc1. The van der Waals surface area contributed by atoms with Crippen LogP contribution in [0.1, 0.15) is 0 Å². The largest absolute Gasteiger partial charge is 0.457 e. The standard InChI is InChI=1S/C12H8N2OS/c16-9-14-10-1-3-11(4-2-10)15-12-5-7-13-8-6-12/h1-8H. The number of pyridine rings is 1. The van der Waals surface area contributed by atoms with Crippen molar-refractivity contribution >= 4 is 23.1 Å². The van der Waals surface area contributed by atoms with E-state index in [9.17, 15) is 0 Å². The molecule has 0 atom stereocenters. The van der Waals surface area contributed by atoms with Gasteiger partial charge >= 0.3 is 0 Å². The summed E-state index contributed by atoms with van der Waals surface area (Å²) in [5.74, 6) is 1.50. The van der Waals surface area contributed by atoms with Gasteiger partial charge in [-0.3, -0.25) is 4.98 Å². The van der Waals surface area contributed by atoms with Crippen LogP contribution in [0, 0.1) is 0 Å². The van der Waals surface area contributed by atoms with Crippen molar-refractivity contribution in [3.05, 3.63) is 48.8 Å². The Hall–Kier alpha value is -2.03. The highest BCUT2D eigenvalue weighted by Crippen LogP contribution is 2.22. The van der Waals surface area contributed by atoms with Crippen LogP contribution < -0.4 is 4.74 Å². The van der Waals surface area contributed by atoms with Gasteiger partial charge in [-0.15, -0.1) is 0 Å². The summed E-state index contributed by atoms with van der Waals surface area (Å²) < 4.78 is 5.58. The molecule has 2 rings (SSSR count). The molecule has 0 fully saturated rings. The second kappa shape index (κ2) is 5.16. The first-order chi connectivity index (χ1) is 7.88. The lowest BCUT2D eigenvalue weighted by atomic mass is 10.3. The molecule has 1 heterocycles. The van der Waals surface area contributed by atoms with Gasteiger partial charge in [-0.25, -0.2) is 0 Å². The number of thiocarbonyl (C=S) groups is 1. The normalized spacial score (nSPS) is 9.25. The molecule has 78 valence electrons. The zero-order chi connectivity index (χ0) is 11.2. The van der Waals surface area contributed by atoms with Crippen molar-refractivity contribution < 1.29 is 4.74 Å². The molecule has 0 aliphatic rings. The Labute approximate surface area is 98.4 Å². The fraction of sp³-hybridized carbons (Fsp3) is 0. The molecule has 0 spiro atoms. The van der Waals surface area contributed by atoms with Crippen molar-refractivity contribution in [1.29, 1.82) is 0 Å². The van der Waals surface area contributed by atoms with Crippen LogP contribution in [0.5, 0.6) is 11.5 Å². The van der Waals surface area contributed by atoms with Gasteiger partial charge in [-0.2, -0.15) is 4.99 Å². The highest BCUT2D eigenvalue weighted by atomic mass is 32.1. The Balaban J connectivity index is 2.14. The van der Waals surface area contributed by atoms with Gasteiger partial charge in [0.25, 0.3) is 0 Å². The molecule has 16 heavy (non-hydrogen) atoms. The van der Waals surface area contributed by atoms with E-state index < -0.39 is 0 Å². The summed E-state index contributed by atoms with van der Waals surface area (Å²) >= 11 is 4.52. The predicted octanol–water partition coefficient (Wildman–Crippen LogP) is 3.61. The van der Waals surface area contributed by atoms with Crippen LogP contribution >= 0.6 is 12.2 Å². The van der Waals surface area contributed by atoms with E-state index >= 15 is 0 Å². The first-order valence-electron chi connectivity index (χ1n) is 4.64. The molecule has 0 aliphatic carbocycles. The van der Waals surface area contributed by atoms with Crippen molar-refractivity contribution in [2.45, 2.75) is 0 Å². The fourth-order valence-electron chi connectivity index (χ4n) is 1.18. The predicted molar refractivity (Wildman–Crippen MR) is 65.4 cm³/mol. The molecule has 0 radical (unpaired) electrons. The van der Waals surface area contributed by atoms with Crippen LogP contribution in [-0.4, -0.2) is 10.1 Å². The maximum atomic E-state index is 5.58. The number of aromatic nitrogens is 1. The molecule has 0 aliphatic heterocycles. The molecule has 1 aromatic heterocycles. The van der Waals surface area contributed by atoms with E-state index in [1.165, 1.54) is 0 Å². The number of hydrogen-bond acceptors (Lipinski definition) is 4. The maximum Gasteiger partial charge on any atom is 0.130 e. The Morgan fingerprint density at radius 2 is 1.62 bits per heavy atom. The van der Waals surface area contributed by atoms with Gasteiger partial charge in [-0.1, -0.05) is 0 Å². The van der Waals surface area contributed by atoms with Crippen molar-refractivity contribution in [2.24, 2.45) is 4.99 Å². The molecular formula is C12H8N2OS. The van der Waals surface area contributed by atoms with Crippen LogP contribution in [-0.2, 0) is 0 Å².